The van der Waals surface area contributed by atoms with Gasteiger partial charge in [-0.05, 0) is 29.8 Å². The number of anilines is 1. The fourth-order valence-corrected chi connectivity index (χ4v) is 4.53. The van der Waals surface area contributed by atoms with Crippen LogP contribution < -0.4 is 25.8 Å². The van der Waals surface area contributed by atoms with Gasteiger partial charge >= 0.3 is 0 Å². The molecule has 3 rings (SSSR count). The minimum Gasteiger partial charge on any atom is -0.483 e. The number of carbonyl (C=O) groups is 2. The summed E-state index contributed by atoms with van der Waals surface area (Å²) in [6.07, 6.45) is 1.08. The Labute approximate surface area is 219 Å². The van der Waals surface area contributed by atoms with E-state index in [-0.39, 0.29) is 40.9 Å². The molecule has 0 atom stereocenters. The molecular weight excluding hydrogens is 518 g/mol. The SMILES string of the molecule is CS(=O)(=O)N(Cc1ccccc1)c1cc(Cl)cc(C(=O)NCc2ccc(C(=N)N)cc2OCC(N)=O)c1. The Hall–Kier alpha value is -4.09. The highest BCUT2D eigenvalue weighted by atomic mass is 35.5. The van der Waals surface area contributed by atoms with Crippen LogP contribution in [0.4, 0.5) is 5.69 Å². The molecule has 0 saturated heterocycles. The molecule has 0 aliphatic heterocycles. The quantitative estimate of drug-likeness (QED) is 0.214. The molecule has 10 nitrogen and oxygen atoms in total. The zero-order valence-corrected chi connectivity index (χ0v) is 21.5. The fourth-order valence-electron chi connectivity index (χ4n) is 3.43. The van der Waals surface area contributed by atoms with Crippen LogP contribution in [0.5, 0.6) is 5.75 Å². The number of nitrogens with one attached hydrogen (secondary N) is 2. The minimum atomic E-state index is -3.70. The smallest absolute Gasteiger partial charge is 0.255 e. The van der Waals surface area contributed by atoms with Crippen molar-refractivity contribution < 1.29 is 22.7 Å². The van der Waals surface area contributed by atoms with Gasteiger partial charge in [-0.25, -0.2) is 8.42 Å². The van der Waals surface area contributed by atoms with Gasteiger partial charge in [0.05, 0.1) is 18.5 Å². The number of ether oxygens (including phenoxy) is 1. The van der Waals surface area contributed by atoms with Crippen molar-refractivity contribution in [2.24, 2.45) is 11.5 Å². The normalized spacial score (nSPS) is 11.0. The number of hydrogen-bond donors (Lipinski definition) is 4. The van der Waals surface area contributed by atoms with Crippen molar-refractivity contribution in [1.29, 1.82) is 5.41 Å². The zero-order chi connectivity index (χ0) is 27.2. The molecule has 3 aromatic carbocycles. The number of benzene rings is 3. The minimum absolute atomic E-state index is 0.00718. The van der Waals surface area contributed by atoms with E-state index in [4.69, 9.17) is 33.2 Å². The van der Waals surface area contributed by atoms with E-state index >= 15 is 0 Å². The lowest BCUT2D eigenvalue weighted by Gasteiger charge is -2.23. The molecule has 0 unspecified atom stereocenters. The third kappa shape index (κ3) is 7.69. The van der Waals surface area contributed by atoms with Gasteiger partial charge in [0.25, 0.3) is 11.8 Å². The molecule has 194 valence electrons. The highest BCUT2D eigenvalue weighted by Gasteiger charge is 2.21. The number of primary amides is 1. The van der Waals surface area contributed by atoms with Gasteiger partial charge < -0.3 is 21.5 Å². The lowest BCUT2D eigenvalue weighted by Crippen LogP contribution is -2.30. The Bertz CT molecular complexity index is 1430. The van der Waals surface area contributed by atoms with Crippen LogP contribution in [-0.4, -0.2) is 38.9 Å². The van der Waals surface area contributed by atoms with Gasteiger partial charge in [0.1, 0.15) is 11.6 Å². The van der Waals surface area contributed by atoms with Gasteiger partial charge in [0.2, 0.25) is 10.0 Å². The largest absolute Gasteiger partial charge is 0.483 e. The Morgan fingerprint density at radius 2 is 1.73 bits per heavy atom. The maximum atomic E-state index is 13.0. The maximum Gasteiger partial charge on any atom is 0.255 e. The van der Waals surface area contributed by atoms with E-state index in [0.29, 0.717) is 11.1 Å². The second kappa shape index (κ2) is 11.8. The maximum absolute atomic E-state index is 13.0. The van der Waals surface area contributed by atoms with Crippen LogP contribution in [0.1, 0.15) is 27.0 Å². The van der Waals surface area contributed by atoms with Crippen molar-refractivity contribution in [1.82, 2.24) is 5.32 Å². The molecule has 6 N–H and O–H groups in total. The van der Waals surface area contributed by atoms with Crippen molar-refractivity contribution >= 4 is 45.0 Å². The molecule has 3 aromatic rings. The lowest BCUT2D eigenvalue weighted by molar-refractivity contribution is -0.119. The molecule has 12 heteroatoms. The van der Waals surface area contributed by atoms with E-state index in [1.165, 1.54) is 28.6 Å². The summed E-state index contributed by atoms with van der Waals surface area (Å²) in [4.78, 5) is 24.2. The summed E-state index contributed by atoms with van der Waals surface area (Å²) in [6, 6.07) is 18.0. The van der Waals surface area contributed by atoms with Gasteiger partial charge in [0, 0.05) is 28.3 Å². The Morgan fingerprint density at radius 1 is 1.03 bits per heavy atom. The molecule has 0 aliphatic carbocycles. The lowest BCUT2D eigenvalue weighted by atomic mass is 10.1. The average Bonchev–Trinajstić information content (AvgIpc) is 2.84. The Kier molecular flexibility index (Phi) is 8.74. The molecule has 0 aromatic heterocycles. The van der Waals surface area contributed by atoms with Gasteiger partial charge in [-0.15, -0.1) is 0 Å². The first-order valence-corrected chi connectivity index (χ1v) is 13.2. The second-order valence-corrected chi connectivity index (χ2v) is 10.5. The predicted octanol–water partition coefficient (Wildman–Crippen LogP) is 2.38. The van der Waals surface area contributed by atoms with Crippen molar-refractivity contribution in [3.63, 3.8) is 0 Å². The predicted molar refractivity (Wildman–Crippen MR) is 142 cm³/mol. The third-order valence-corrected chi connectivity index (χ3v) is 6.55. The Morgan fingerprint density at radius 3 is 2.35 bits per heavy atom. The monoisotopic (exact) mass is 543 g/mol. The number of rotatable bonds is 11. The first-order valence-electron chi connectivity index (χ1n) is 10.9. The molecular formula is C25H26ClN5O5S. The molecule has 0 aliphatic rings. The first-order chi connectivity index (χ1) is 17.4. The number of sulfonamides is 1. The van der Waals surface area contributed by atoms with Crippen LogP contribution in [0.15, 0.2) is 66.7 Å². The number of nitrogen functional groups attached to an aromatic ring is 1. The molecule has 0 spiro atoms. The van der Waals surface area contributed by atoms with Gasteiger partial charge in [-0.2, -0.15) is 0 Å². The van der Waals surface area contributed by atoms with Gasteiger partial charge in [-0.1, -0.05) is 54.1 Å². The van der Waals surface area contributed by atoms with Crippen molar-refractivity contribution in [2.45, 2.75) is 13.1 Å². The summed E-state index contributed by atoms with van der Waals surface area (Å²) in [5, 5.41) is 10.5. The van der Waals surface area contributed by atoms with Crippen molar-refractivity contribution in [3.8, 4) is 5.75 Å². The third-order valence-electron chi connectivity index (χ3n) is 5.19. The molecule has 0 bridgehead atoms. The molecule has 0 fully saturated rings. The van der Waals surface area contributed by atoms with E-state index in [2.05, 4.69) is 5.32 Å². The second-order valence-electron chi connectivity index (χ2n) is 8.13. The summed E-state index contributed by atoms with van der Waals surface area (Å²) < 4.78 is 31.7. The number of amidine groups is 1. The summed E-state index contributed by atoms with van der Waals surface area (Å²) in [6.45, 7) is -0.348. The molecule has 0 radical (unpaired) electrons. The van der Waals surface area contributed by atoms with Crippen LogP contribution in [0.3, 0.4) is 0 Å². The van der Waals surface area contributed by atoms with Crippen LogP contribution in [0.2, 0.25) is 5.02 Å². The number of hydrogen-bond acceptors (Lipinski definition) is 6. The first kappa shape index (κ1) is 27.5. The van der Waals surface area contributed by atoms with Gasteiger partial charge in [-0.3, -0.25) is 19.3 Å². The van der Waals surface area contributed by atoms with E-state index in [9.17, 15) is 18.0 Å². The summed E-state index contributed by atoms with van der Waals surface area (Å²) >= 11 is 6.25. The van der Waals surface area contributed by atoms with E-state index < -0.39 is 28.4 Å². The van der Waals surface area contributed by atoms with Crippen LogP contribution in [-0.2, 0) is 27.9 Å². The standard InChI is InChI=1S/C25H26ClN5O5S/c1-37(34,35)31(14-16-5-3-2-4-6-16)21-10-19(9-20(26)12-21)25(33)30-13-18-8-7-17(24(28)29)11-22(18)36-15-23(27)32/h2-12H,13-15H2,1H3,(H2,27,32)(H3,28,29)(H,30,33). The topological polar surface area (TPSA) is 169 Å². The fraction of sp³-hybridized carbons (Fsp3) is 0.160. The van der Waals surface area contributed by atoms with Crippen LogP contribution in [0, 0.1) is 5.41 Å². The van der Waals surface area contributed by atoms with Crippen LogP contribution >= 0.6 is 11.6 Å². The van der Waals surface area contributed by atoms with E-state index in [1.807, 2.05) is 6.07 Å². The summed E-state index contributed by atoms with van der Waals surface area (Å²) in [7, 11) is -3.70. The molecule has 37 heavy (non-hydrogen) atoms. The molecule has 0 saturated carbocycles. The highest BCUT2D eigenvalue weighted by molar-refractivity contribution is 7.92. The number of nitrogens with zero attached hydrogens (tertiary/aromatic N) is 1. The highest BCUT2D eigenvalue weighted by Crippen LogP contribution is 2.27. The number of nitrogens with two attached hydrogens (primary N) is 2. The Balaban J connectivity index is 1.85. The van der Waals surface area contributed by atoms with Crippen molar-refractivity contribution in [3.05, 3.63) is 94.0 Å². The average molecular weight is 544 g/mol. The molecule has 0 heterocycles. The van der Waals surface area contributed by atoms with Crippen LogP contribution in [0.25, 0.3) is 0 Å². The van der Waals surface area contributed by atoms with Crippen molar-refractivity contribution in [2.75, 3.05) is 17.2 Å². The summed E-state index contributed by atoms with van der Waals surface area (Å²) in [5.41, 5.74) is 12.7. The summed E-state index contributed by atoms with van der Waals surface area (Å²) in [5.74, 6) is -1.18. The van der Waals surface area contributed by atoms with Gasteiger partial charge in [0.15, 0.2) is 6.61 Å². The van der Waals surface area contributed by atoms with E-state index in [1.54, 1.807) is 36.4 Å². The zero-order valence-electron chi connectivity index (χ0n) is 19.9. The number of halogens is 1. The number of amides is 2. The van der Waals surface area contributed by atoms with E-state index in [0.717, 1.165) is 11.8 Å². The number of carbonyl (C=O) groups excluding carboxylic acids is 2. The molecule has 2 amide bonds.